The Bertz CT molecular complexity index is 137. The highest BCUT2D eigenvalue weighted by molar-refractivity contribution is 5.17. The third-order valence-electron chi connectivity index (χ3n) is 0.746. The Balaban J connectivity index is 2.51. The molecule has 0 bridgehead atoms. The normalized spacial score (nSPS) is 16.6. The lowest BCUT2D eigenvalue weighted by atomic mass is 10.4. The topological polar surface area (TPSA) is 14.1 Å². The van der Waals surface area contributed by atoms with E-state index in [1.165, 1.54) is 12.2 Å². The number of alkyl halides is 2. The number of nitrogens with zero attached hydrogens (tertiary/aromatic N) is 1. The number of allylic oxidation sites excluding steroid dienone is 3. The van der Waals surface area contributed by atoms with Gasteiger partial charge in [0.2, 0.25) is 0 Å². The smallest absolute Gasteiger partial charge is 0.245 e. The summed E-state index contributed by atoms with van der Waals surface area (Å²) in [6.45, 7) is 0. The van der Waals surface area contributed by atoms with E-state index < -0.39 is 6.43 Å². The second kappa shape index (κ2) is 1.94. The van der Waals surface area contributed by atoms with Gasteiger partial charge in [-0.15, -0.1) is 0 Å². The first-order chi connectivity index (χ1) is 3.80. The van der Waals surface area contributed by atoms with E-state index in [1.54, 1.807) is 0 Å². The second-order valence-electron chi connectivity index (χ2n) is 1.30. The van der Waals surface area contributed by atoms with Crippen LogP contribution in [0.2, 0.25) is 0 Å². The zero-order valence-corrected chi connectivity index (χ0v) is 3.94. The molecule has 0 aliphatic carbocycles. The molecule has 0 unspecified atom stereocenters. The lowest BCUT2D eigenvalue weighted by molar-refractivity contribution is 0.183. The Labute approximate surface area is 45.7 Å². The summed E-state index contributed by atoms with van der Waals surface area (Å²) in [5.41, 5.74) is -0.204. The molecule has 0 aromatic rings. The van der Waals surface area contributed by atoms with Crippen LogP contribution in [0.4, 0.5) is 8.78 Å². The summed E-state index contributed by atoms with van der Waals surface area (Å²) in [6.07, 6.45) is 2.43. The van der Waals surface area contributed by atoms with Gasteiger partial charge in [-0.1, -0.05) is 0 Å². The van der Waals surface area contributed by atoms with Crippen LogP contribution in [-0.2, 0) is 0 Å². The van der Waals surface area contributed by atoms with Crippen LogP contribution in [0, 0.1) is 6.20 Å². The third-order valence-corrected chi connectivity index (χ3v) is 0.746. The highest BCUT2D eigenvalue weighted by atomic mass is 19.3. The molecule has 1 heterocycles. The summed E-state index contributed by atoms with van der Waals surface area (Å²) < 4.78 is 23.0. The maximum atomic E-state index is 11.5. The Hall–Kier alpha value is -0.860. The maximum absolute atomic E-state index is 11.5. The van der Waals surface area contributed by atoms with E-state index in [2.05, 4.69) is 11.5 Å². The quantitative estimate of drug-likeness (QED) is 0.485. The average molecular weight is 115 g/mol. The van der Waals surface area contributed by atoms with Crippen molar-refractivity contribution in [2.24, 2.45) is 0 Å². The van der Waals surface area contributed by atoms with Gasteiger partial charge in [-0.2, -0.15) is 0 Å². The first kappa shape index (κ1) is 5.28. The predicted molar refractivity (Wildman–Crippen MR) is 24.0 cm³/mol. The molecule has 0 aromatic carbocycles. The van der Waals surface area contributed by atoms with Crippen LogP contribution in [0.25, 0.3) is 0 Å². The van der Waals surface area contributed by atoms with Gasteiger partial charge in [-0.3, -0.25) is 0 Å². The van der Waals surface area contributed by atoms with E-state index in [1.807, 2.05) is 0 Å². The SMILES string of the molecule is FC(F)C1=CC=[C][N]1. The van der Waals surface area contributed by atoms with Crippen molar-refractivity contribution in [3.8, 4) is 0 Å². The van der Waals surface area contributed by atoms with Crippen molar-refractivity contribution in [3.63, 3.8) is 0 Å². The Morgan fingerprint density at radius 1 is 1.62 bits per heavy atom. The Morgan fingerprint density at radius 3 is 2.62 bits per heavy atom. The zero-order valence-electron chi connectivity index (χ0n) is 3.94. The molecule has 0 saturated carbocycles. The molecule has 1 nitrogen and oxygen atoms in total. The van der Waals surface area contributed by atoms with Crippen molar-refractivity contribution >= 4 is 0 Å². The molecule has 0 spiro atoms. The predicted octanol–water partition coefficient (Wildman–Crippen LogP) is 1.07. The minimum Gasteiger partial charge on any atom is -0.245 e. The summed E-state index contributed by atoms with van der Waals surface area (Å²) in [4.78, 5) is 0. The summed E-state index contributed by atoms with van der Waals surface area (Å²) >= 11 is 0. The minimum absolute atomic E-state index is 0.204. The van der Waals surface area contributed by atoms with E-state index in [-0.39, 0.29) is 5.70 Å². The van der Waals surface area contributed by atoms with Crippen molar-refractivity contribution in [2.45, 2.75) is 6.43 Å². The molecule has 0 aromatic heterocycles. The maximum Gasteiger partial charge on any atom is 0.280 e. The van der Waals surface area contributed by atoms with E-state index in [9.17, 15) is 8.78 Å². The number of rotatable bonds is 1. The molecule has 1 aliphatic rings. The molecule has 0 fully saturated rings. The van der Waals surface area contributed by atoms with Crippen LogP contribution in [0.15, 0.2) is 17.8 Å². The molecule has 0 N–H and O–H groups in total. The molecule has 8 heavy (non-hydrogen) atoms. The number of halogens is 2. The van der Waals surface area contributed by atoms with Gasteiger partial charge in [0.1, 0.15) is 5.70 Å². The van der Waals surface area contributed by atoms with Crippen LogP contribution in [0.3, 0.4) is 0 Å². The molecule has 1 aliphatic heterocycles. The van der Waals surface area contributed by atoms with Gasteiger partial charge in [-0.05, 0) is 12.2 Å². The van der Waals surface area contributed by atoms with E-state index >= 15 is 0 Å². The van der Waals surface area contributed by atoms with E-state index in [0.717, 1.165) is 0 Å². The van der Waals surface area contributed by atoms with Crippen molar-refractivity contribution in [1.82, 2.24) is 5.32 Å². The summed E-state index contributed by atoms with van der Waals surface area (Å²) in [5.74, 6) is 0. The van der Waals surface area contributed by atoms with Crippen LogP contribution in [0.1, 0.15) is 0 Å². The van der Waals surface area contributed by atoms with Gasteiger partial charge >= 0.3 is 0 Å². The largest absolute Gasteiger partial charge is 0.280 e. The summed E-state index contributed by atoms with van der Waals surface area (Å²) in [7, 11) is 0. The average Bonchev–Trinajstić information content (AvgIpc) is 2.12. The lowest BCUT2D eigenvalue weighted by Gasteiger charge is -1.94. The van der Waals surface area contributed by atoms with E-state index in [0.29, 0.717) is 0 Å². The zero-order chi connectivity index (χ0) is 5.98. The molecule has 1 rings (SSSR count). The number of hydrogen-bond acceptors (Lipinski definition) is 0. The first-order valence-corrected chi connectivity index (χ1v) is 2.08. The first-order valence-electron chi connectivity index (χ1n) is 2.08. The fourth-order valence-electron chi connectivity index (χ4n) is 0.393. The monoisotopic (exact) mass is 115 g/mol. The van der Waals surface area contributed by atoms with Crippen molar-refractivity contribution in [1.29, 1.82) is 0 Å². The van der Waals surface area contributed by atoms with E-state index in [4.69, 9.17) is 0 Å². The second-order valence-corrected chi connectivity index (χ2v) is 1.30. The fraction of sp³-hybridized carbons (Fsp3) is 0.200. The van der Waals surface area contributed by atoms with Crippen molar-refractivity contribution < 1.29 is 8.78 Å². The molecular weight excluding hydrogens is 112 g/mol. The fourth-order valence-corrected chi connectivity index (χ4v) is 0.393. The highest BCUT2D eigenvalue weighted by Crippen LogP contribution is 2.09. The molecule has 0 saturated heterocycles. The highest BCUT2D eigenvalue weighted by Gasteiger charge is 2.11. The minimum atomic E-state index is -2.46. The van der Waals surface area contributed by atoms with Gasteiger partial charge in [-0.25, -0.2) is 14.1 Å². The van der Waals surface area contributed by atoms with Crippen molar-refractivity contribution in [2.75, 3.05) is 0 Å². The van der Waals surface area contributed by atoms with Crippen LogP contribution < -0.4 is 5.32 Å². The summed E-state index contributed by atoms with van der Waals surface area (Å²) in [6, 6.07) is 0. The van der Waals surface area contributed by atoms with Crippen LogP contribution in [-0.4, -0.2) is 6.43 Å². The van der Waals surface area contributed by atoms with Gasteiger partial charge in [0.25, 0.3) is 6.43 Å². The lowest BCUT2D eigenvalue weighted by Crippen LogP contribution is -2.02. The van der Waals surface area contributed by atoms with Gasteiger partial charge in [0.15, 0.2) is 0 Å². The number of hydrogen-bond donors (Lipinski definition) is 0. The van der Waals surface area contributed by atoms with Crippen LogP contribution >= 0.6 is 0 Å². The Kier molecular flexibility index (Phi) is 1.28. The molecule has 3 heteroatoms. The van der Waals surface area contributed by atoms with Gasteiger partial charge < -0.3 is 0 Å². The van der Waals surface area contributed by atoms with Gasteiger partial charge in [0, 0.05) is 0 Å². The molecular formula is C5H3F2N. The Morgan fingerprint density at radius 2 is 2.38 bits per heavy atom. The molecule has 0 amide bonds. The third kappa shape index (κ3) is 0.857. The van der Waals surface area contributed by atoms with Gasteiger partial charge in [0.05, 0.1) is 6.20 Å². The molecule has 42 valence electrons. The molecule has 2 radical (unpaired) electrons. The molecule has 0 atom stereocenters. The summed E-state index contributed by atoms with van der Waals surface area (Å²) in [5, 5.41) is 3.24. The standard InChI is InChI=1S/C5H3F2N/c6-5(7)4-2-1-3-8-4/h1-2,5H. The van der Waals surface area contributed by atoms with Crippen molar-refractivity contribution in [3.05, 3.63) is 24.0 Å². The van der Waals surface area contributed by atoms with Crippen LogP contribution in [0.5, 0.6) is 0 Å².